The van der Waals surface area contributed by atoms with E-state index in [0.29, 0.717) is 17.9 Å². The highest BCUT2D eigenvalue weighted by molar-refractivity contribution is 5.86. The fourth-order valence-corrected chi connectivity index (χ4v) is 3.91. The van der Waals surface area contributed by atoms with Crippen LogP contribution in [-0.4, -0.2) is 24.4 Å². The summed E-state index contributed by atoms with van der Waals surface area (Å²) in [5.74, 6) is 1.10. The lowest BCUT2D eigenvalue weighted by Crippen LogP contribution is -2.44. The number of hydrogen-bond acceptors (Lipinski definition) is 2. The summed E-state index contributed by atoms with van der Waals surface area (Å²) >= 11 is 0. The molecule has 3 rings (SSSR count). The molecule has 0 aliphatic heterocycles. The fraction of sp³-hybridized carbons (Fsp3) is 0.750. The molecule has 0 heterocycles. The minimum Gasteiger partial charge on any atom is -0.352 e. The molecule has 110 valence electrons. The Labute approximate surface area is 120 Å². The molecule has 20 heavy (non-hydrogen) atoms. The van der Waals surface area contributed by atoms with Gasteiger partial charge in [0.05, 0.1) is 6.54 Å². The van der Waals surface area contributed by atoms with E-state index in [0.717, 1.165) is 25.7 Å². The molecule has 3 aliphatic rings. The predicted molar refractivity (Wildman–Crippen MR) is 76.9 cm³/mol. The highest BCUT2D eigenvalue weighted by Gasteiger charge is 2.39. The molecule has 0 aromatic heterocycles. The second-order valence-corrected chi connectivity index (χ2v) is 6.51. The second-order valence-electron chi connectivity index (χ2n) is 6.51. The van der Waals surface area contributed by atoms with Crippen LogP contribution in [0.1, 0.15) is 44.9 Å². The van der Waals surface area contributed by atoms with Crippen LogP contribution >= 0.6 is 0 Å². The van der Waals surface area contributed by atoms with Gasteiger partial charge in [0.15, 0.2) is 0 Å². The third-order valence-electron chi connectivity index (χ3n) is 5.01. The molecule has 0 spiro atoms. The van der Waals surface area contributed by atoms with E-state index >= 15 is 0 Å². The molecule has 3 atom stereocenters. The van der Waals surface area contributed by atoms with Crippen LogP contribution in [0.3, 0.4) is 0 Å². The lowest BCUT2D eigenvalue weighted by molar-refractivity contribution is -0.129. The van der Waals surface area contributed by atoms with E-state index in [1.807, 2.05) is 0 Å². The first-order valence-electron chi connectivity index (χ1n) is 7.98. The summed E-state index contributed by atoms with van der Waals surface area (Å²) in [4.78, 5) is 24.0. The molecule has 2 amide bonds. The van der Waals surface area contributed by atoms with Gasteiger partial charge in [-0.2, -0.15) is 0 Å². The summed E-state index contributed by atoms with van der Waals surface area (Å²) in [6.07, 6.45) is 12.3. The average Bonchev–Trinajstić information content (AvgIpc) is 3.08. The molecular formula is C16H24N2O2. The third-order valence-corrected chi connectivity index (χ3v) is 5.01. The van der Waals surface area contributed by atoms with Crippen molar-refractivity contribution in [1.29, 1.82) is 0 Å². The zero-order valence-corrected chi connectivity index (χ0v) is 11.9. The molecule has 0 aromatic carbocycles. The summed E-state index contributed by atoms with van der Waals surface area (Å²) < 4.78 is 0. The maximum absolute atomic E-state index is 12.1. The lowest BCUT2D eigenvalue weighted by atomic mass is 9.93. The van der Waals surface area contributed by atoms with Gasteiger partial charge in [0.2, 0.25) is 11.8 Å². The number of nitrogens with one attached hydrogen (secondary N) is 2. The van der Waals surface area contributed by atoms with E-state index in [9.17, 15) is 9.59 Å². The minimum atomic E-state index is -0.0380. The van der Waals surface area contributed by atoms with Gasteiger partial charge in [0.1, 0.15) is 0 Å². The molecule has 0 radical (unpaired) electrons. The quantitative estimate of drug-likeness (QED) is 0.769. The number of allylic oxidation sites excluding steroid dienone is 2. The van der Waals surface area contributed by atoms with Gasteiger partial charge in [-0.25, -0.2) is 0 Å². The van der Waals surface area contributed by atoms with E-state index < -0.39 is 0 Å². The van der Waals surface area contributed by atoms with Crippen molar-refractivity contribution in [1.82, 2.24) is 10.6 Å². The highest BCUT2D eigenvalue weighted by Crippen LogP contribution is 2.43. The first-order valence-corrected chi connectivity index (χ1v) is 7.98. The number of carbonyl (C=O) groups excluding carboxylic acids is 2. The largest absolute Gasteiger partial charge is 0.352 e. The smallest absolute Gasteiger partial charge is 0.239 e. The Balaban J connectivity index is 1.39. The molecule has 2 N–H and O–H groups in total. The van der Waals surface area contributed by atoms with Gasteiger partial charge in [-0.15, -0.1) is 0 Å². The van der Waals surface area contributed by atoms with Gasteiger partial charge in [0, 0.05) is 12.0 Å². The standard InChI is InChI=1S/C16H24N2O2/c19-15(18-13-4-2-1-3-5-13)10-17-16(20)14-9-11-6-7-12(14)8-11/h6-7,11-14H,1-5,8-10H2,(H,17,20)(H,18,19). The number of carbonyl (C=O) groups is 2. The van der Waals surface area contributed by atoms with Gasteiger partial charge < -0.3 is 10.6 Å². The Kier molecular flexibility index (Phi) is 4.08. The highest BCUT2D eigenvalue weighted by atomic mass is 16.2. The Morgan fingerprint density at radius 2 is 1.85 bits per heavy atom. The van der Waals surface area contributed by atoms with E-state index in [4.69, 9.17) is 0 Å². The van der Waals surface area contributed by atoms with Crippen LogP contribution in [-0.2, 0) is 9.59 Å². The maximum Gasteiger partial charge on any atom is 0.239 e. The van der Waals surface area contributed by atoms with Crippen molar-refractivity contribution in [2.45, 2.75) is 51.0 Å². The summed E-state index contributed by atoms with van der Waals surface area (Å²) in [7, 11) is 0. The number of fused-ring (bicyclic) bond motifs is 2. The van der Waals surface area contributed by atoms with Crippen molar-refractivity contribution in [2.75, 3.05) is 6.54 Å². The molecule has 2 bridgehead atoms. The molecule has 0 aromatic rings. The first-order chi connectivity index (χ1) is 9.72. The number of rotatable bonds is 4. The summed E-state index contributed by atoms with van der Waals surface area (Å²) in [5, 5.41) is 5.85. The van der Waals surface area contributed by atoms with Crippen LogP contribution in [0.4, 0.5) is 0 Å². The molecule has 3 aliphatic carbocycles. The Morgan fingerprint density at radius 3 is 2.50 bits per heavy atom. The van der Waals surface area contributed by atoms with E-state index in [-0.39, 0.29) is 24.3 Å². The molecule has 2 saturated carbocycles. The molecule has 4 heteroatoms. The molecule has 0 saturated heterocycles. The van der Waals surface area contributed by atoms with Crippen LogP contribution < -0.4 is 10.6 Å². The molecule has 2 fully saturated rings. The van der Waals surface area contributed by atoms with Crippen molar-refractivity contribution >= 4 is 11.8 Å². The zero-order chi connectivity index (χ0) is 13.9. The SMILES string of the molecule is O=C(CNC(=O)C1CC2C=CC1C2)NC1CCCCC1. The Morgan fingerprint density at radius 1 is 1.05 bits per heavy atom. The Bertz CT molecular complexity index is 413. The molecule has 3 unspecified atom stereocenters. The summed E-state index contributed by atoms with van der Waals surface area (Å²) in [6, 6.07) is 0.318. The average molecular weight is 276 g/mol. The van der Waals surface area contributed by atoms with E-state index in [2.05, 4.69) is 22.8 Å². The van der Waals surface area contributed by atoms with Crippen molar-refractivity contribution in [3.05, 3.63) is 12.2 Å². The number of amides is 2. The van der Waals surface area contributed by atoms with Crippen LogP contribution in [0.2, 0.25) is 0 Å². The van der Waals surface area contributed by atoms with Crippen LogP contribution in [0.15, 0.2) is 12.2 Å². The monoisotopic (exact) mass is 276 g/mol. The van der Waals surface area contributed by atoms with E-state index in [1.54, 1.807) is 0 Å². The zero-order valence-electron chi connectivity index (χ0n) is 11.9. The minimum absolute atomic E-state index is 0.0380. The number of hydrogen-bond donors (Lipinski definition) is 2. The second kappa shape index (κ2) is 5.98. The third kappa shape index (κ3) is 3.05. The Hall–Kier alpha value is -1.32. The van der Waals surface area contributed by atoms with Gasteiger partial charge in [-0.1, -0.05) is 31.4 Å². The van der Waals surface area contributed by atoms with Crippen molar-refractivity contribution in [3.8, 4) is 0 Å². The van der Waals surface area contributed by atoms with Crippen LogP contribution in [0, 0.1) is 17.8 Å². The van der Waals surface area contributed by atoms with Gasteiger partial charge in [-0.05, 0) is 37.5 Å². The molecular weight excluding hydrogens is 252 g/mol. The van der Waals surface area contributed by atoms with Gasteiger partial charge in [0.25, 0.3) is 0 Å². The first kappa shape index (κ1) is 13.7. The van der Waals surface area contributed by atoms with Crippen LogP contribution in [0.5, 0.6) is 0 Å². The normalized spacial score (nSPS) is 32.3. The molecule has 4 nitrogen and oxygen atoms in total. The van der Waals surface area contributed by atoms with Crippen molar-refractivity contribution < 1.29 is 9.59 Å². The summed E-state index contributed by atoms with van der Waals surface area (Å²) in [6.45, 7) is 0.132. The topological polar surface area (TPSA) is 58.2 Å². The van der Waals surface area contributed by atoms with Crippen LogP contribution in [0.25, 0.3) is 0 Å². The van der Waals surface area contributed by atoms with Gasteiger partial charge in [-0.3, -0.25) is 9.59 Å². The predicted octanol–water partition coefficient (Wildman–Crippen LogP) is 1.76. The maximum atomic E-state index is 12.1. The van der Waals surface area contributed by atoms with Gasteiger partial charge >= 0.3 is 0 Å². The van der Waals surface area contributed by atoms with Crippen molar-refractivity contribution in [2.24, 2.45) is 17.8 Å². The van der Waals surface area contributed by atoms with Crippen molar-refractivity contribution in [3.63, 3.8) is 0 Å². The van der Waals surface area contributed by atoms with E-state index in [1.165, 1.54) is 19.3 Å². The fourth-order valence-electron chi connectivity index (χ4n) is 3.91. The lowest BCUT2D eigenvalue weighted by Gasteiger charge is -2.23. The summed E-state index contributed by atoms with van der Waals surface area (Å²) in [5.41, 5.74) is 0.